The van der Waals surface area contributed by atoms with Crippen molar-refractivity contribution >= 4 is 45.8 Å². The fourth-order valence-corrected chi connectivity index (χ4v) is 1.46. The Morgan fingerprint density at radius 1 is 1.62 bits per heavy atom. The first-order chi connectivity index (χ1) is 6.13. The highest BCUT2D eigenvalue weighted by Gasteiger charge is 2.03. The van der Waals surface area contributed by atoms with Crippen molar-refractivity contribution in [3.8, 4) is 0 Å². The lowest BCUT2D eigenvalue weighted by atomic mass is 10.2. The van der Waals surface area contributed by atoms with E-state index in [0.717, 1.165) is 14.8 Å². The molecule has 0 aliphatic rings. The van der Waals surface area contributed by atoms with E-state index in [1.54, 1.807) is 0 Å². The molecule has 0 aliphatic heterocycles. The number of alkyl halides is 1. The van der Waals surface area contributed by atoms with E-state index in [1.807, 2.05) is 25.1 Å². The van der Waals surface area contributed by atoms with Gasteiger partial charge >= 0.3 is 0 Å². The molecule has 70 valence electrons. The van der Waals surface area contributed by atoms with Crippen molar-refractivity contribution in [3.05, 3.63) is 27.3 Å². The minimum atomic E-state index is -0.176. The first-order valence-electron chi connectivity index (χ1n) is 3.75. The number of hydrogen-bond acceptors (Lipinski definition) is 1. The van der Waals surface area contributed by atoms with E-state index in [4.69, 9.17) is 11.6 Å². The number of benzene rings is 1. The number of anilines is 1. The monoisotopic (exact) mass is 309 g/mol. The Hall–Kier alpha value is -0.290. The molecule has 0 spiro atoms. The van der Waals surface area contributed by atoms with Crippen molar-refractivity contribution in [3.63, 3.8) is 0 Å². The van der Waals surface area contributed by atoms with E-state index in [2.05, 4.69) is 27.9 Å². The molecule has 4 heteroatoms. The van der Waals surface area contributed by atoms with Crippen LogP contribution in [0.2, 0.25) is 0 Å². The number of nitrogens with one attached hydrogen (secondary N) is 1. The molecule has 0 unspecified atom stereocenters. The number of aryl methyl sites for hydroxylation is 1. The molecule has 1 amide bonds. The summed E-state index contributed by atoms with van der Waals surface area (Å²) in [6, 6.07) is 5.88. The van der Waals surface area contributed by atoms with Crippen LogP contribution >= 0.6 is 34.2 Å². The lowest BCUT2D eigenvalue weighted by molar-refractivity contribution is -0.113. The van der Waals surface area contributed by atoms with E-state index in [-0.39, 0.29) is 11.8 Å². The molecule has 0 saturated heterocycles. The second-order valence-electron chi connectivity index (χ2n) is 2.67. The van der Waals surface area contributed by atoms with Gasteiger partial charge in [-0.1, -0.05) is 6.07 Å². The number of amides is 1. The quantitative estimate of drug-likeness (QED) is 0.660. The van der Waals surface area contributed by atoms with Crippen molar-refractivity contribution < 1.29 is 4.79 Å². The molecule has 0 saturated carbocycles. The van der Waals surface area contributed by atoms with Crippen molar-refractivity contribution in [2.45, 2.75) is 6.92 Å². The smallest absolute Gasteiger partial charge is 0.239 e. The van der Waals surface area contributed by atoms with E-state index >= 15 is 0 Å². The average Bonchev–Trinajstić information content (AvgIpc) is 2.11. The fourth-order valence-electron chi connectivity index (χ4n) is 0.919. The predicted molar refractivity (Wildman–Crippen MR) is 63.2 cm³/mol. The van der Waals surface area contributed by atoms with Gasteiger partial charge in [0, 0.05) is 3.57 Å². The van der Waals surface area contributed by atoms with E-state index < -0.39 is 0 Å². The zero-order valence-electron chi connectivity index (χ0n) is 7.10. The summed E-state index contributed by atoms with van der Waals surface area (Å²) < 4.78 is 1.02. The second-order valence-corrected chi connectivity index (χ2v) is 4.09. The van der Waals surface area contributed by atoms with Gasteiger partial charge in [0.15, 0.2) is 0 Å². The van der Waals surface area contributed by atoms with E-state index in [0.29, 0.717) is 0 Å². The third kappa shape index (κ3) is 3.15. The summed E-state index contributed by atoms with van der Waals surface area (Å²) in [5, 5.41) is 2.72. The van der Waals surface area contributed by atoms with Crippen LogP contribution in [0, 0.1) is 10.5 Å². The number of rotatable bonds is 2. The molecule has 0 aromatic heterocycles. The number of carbonyl (C=O) groups is 1. The van der Waals surface area contributed by atoms with Crippen LogP contribution in [0.1, 0.15) is 5.56 Å². The average molecular weight is 310 g/mol. The minimum absolute atomic E-state index is 0.00990. The summed E-state index contributed by atoms with van der Waals surface area (Å²) in [5.41, 5.74) is 1.94. The van der Waals surface area contributed by atoms with Gasteiger partial charge < -0.3 is 5.32 Å². The Morgan fingerprint density at radius 2 is 2.31 bits per heavy atom. The molecule has 0 radical (unpaired) electrons. The second kappa shape index (κ2) is 4.81. The Morgan fingerprint density at radius 3 is 2.92 bits per heavy atom. The number of halogens is 2. The van der Waals surface area contributed by atoms with Gasteiger partial charge in [0.2, 0.25) is 5.91 Å². The van der Waals surface area contributed by atoms with E-state index in [1.165, 1.54) is 0 Å². The Balaban J connectivity index is 2.87. The third-order valence-electron chi connectivity index (χ3n) is 1.52. The largest absolute Gasteiger partial charge is 0.324 e. The van der Waals surface area contributed by atoms with Gasteiger partial charge in [-0.15, -0.1) is 11.6 Å². The number of hydrogen-bond donors (Lipinski definition) is 1. The predicted octanol–water partition coefficient (Wildman–Crippen LogP) is 2.78. The zero-order chi connectivity index (χ0) is 9.84. The maximum absolute atomic E-state index is 11.0. The molecule has 0 atom stereocenters. The molecule has 13 heavy (non-hydrogen) atoms. The minimum Gasteiger partial charge on any atom is -0.324 e. The fraction of sp³-hybridized carbons (Fsp3) is 0.222. The Labute approximate surface area is 95.8 Å². The first kappa shape index (κ1) is 10.8. The van der Waals surface area contributed by atoms with Crippen LogP contribution in [-0.4, -0.2) is 11.8 Å². The van der Waals surface area contributed by atoms with Crippen LogP contribution in [0.4, 0.5) is 5.69 Å². The highest BCUT2D eigenvalue weighted by Crippen LogP contribution is 2.19. The topological polar surface area (TPSA) is 29.1 Å². The standard InChI is InChI=1S/C9H9ClINO/c1-6-2-3-7(11)8(4-6)12-9(13)5-10/h2-4H,5H2,1H3,(H,12,13). The van der Waals surface area contributed by atoms with Gasteiger partial charge in [0.05, 0.1) is 5.69 Å². The molecule has 1 aromatic rings. The first-order valence-corrected chi connectivity index (χ1v) is 5.37. The molecule has 1 N–H and O–H groups in total. The SMILES string of the molecule is Cc1ccc(I)c(NC(=O)CCl)c1. The summed E-state index contributed by atoms with van der Waals surface area (Å²) in [6.45, 7) is 1.98. The van der Waals surface area contributed by atoms with Crippen LogP contribution in [0.3, 0.4) is 0 Å². The molecular formula is C9H9ClINO. The molecule has 0 fully saturated rings. The van der Waals surface area contributed by atoms with Crippen LogP contribution in [0.5, 0.6) is 0 Å². The van der Waals surface area contributed by atoms with Crippen molar-refractivity contribution in [1.29, 1.82) is 0 Å². The van der Waals surface area contributed by atoms with Crippen LogP contribution in [0.25, 0.3) is 0 Å². The summed E-state index contributed by atoms with van der Waals surface area (Å²) in [6.07, 6.45) is 0. The Bertz CT molecular complexity index is 327. The normalized spacial score (nSPS) is 9.77. The molecule has 0 aliphatic carbocycles. The molecule has 1 rings (SSSR count). The lowest BCUT2D eigenvalue weighted by Crippen LogP contribution is -2.13. The molecular weight excluding hydrogens is 300 g/mol. The van der Waals surface area contributed by atoms with Gasteiger partial charge in [0.25, 0.3) is 0 Å². The highest BCUT2D eigenvalue weighted by molar-refractivity contribution is 14.1. The van der Waals surface area contributed by atoms with Gasteiger partial charge in [0.1, 0.15) is 5.88 Å². The van der Waals surface area contributed by atoms with Crippen molar-refractivity contribution in [2.75, 3.05) is 11.2 Å². The maximum Gasteiger partial charge on any atom is 0.239 e. The maximum atomic E-state index is 11.0. The van der Waals surface area contributed by atoms with Gasteiger partial charge in [-0.05, 0) is 47.2 Å². The van der Waals surface area contributed by atoms with Crippen LogP contribution in [0.15, 0.2) is 18.2 Å². The van der Waals surface area contributed by atoms with E-state index in [9.17, 15) is 4.79 Å². The van der Waals surface area contributed by atoms with Gasteiger partial charge in [-0.25, -0.2) is 0 Å². The molecule has 2 nitrogen and oxygen atoms in total. The van der Waals surface area contributed by atoms with Crippen LogP contribution in [-0.2, 0) is 4.79 Å². The van der Waals surface area contributed by atoms with Gasteiger partial charge in [-0.3, -0.25) is 4.79 Å². The molecule has 0 bridgehead atoms. The summed E-state index contributed by atoms with van der Waals surface area (Å²) in [7, 11) is 0. The summed E-state index contributed by atoms with van der Waals surface area (Å²) in [4.78, 5) is 11.0. The third-order valence-corrected chi connectivity index (χ3v) is 2.70. The molecule has 0 heterocycles. The lowest BCUT2D eigenvalue weighted by Gasteiger charge is -2.06. The Kier molecular flexibility index (Phi) is 3.99. The zero-order valence-corrected chi connectivity index (χ0v) is 10.0. The van der Waals surface area contributed by atoms with Crippen molar-refractivity contribution in [2.24, 2.45) is 0 Å². The summed E-state index contributed by atoms with van der Waals surface area (Å²) in [5.74, 6) is -0.186. The van der Waals surface area contributed by atoms with Crippen molar-refractivity contribution in [1.82, 2.24) is 0 Å². The van der Waals surface area contributed by atoms with Gasteiger partial charge in [-0.2, -0.15) is 0 Å². The number of carbonyl (C=O) groups excluding carboxylic acids is 1. The summed E-state index contributed by atoms with van der Waals surface area (Å²) >= 11 is 7.55. The molecule has 1 aromatic carbocycles. The van der Waals surface area contributed by atoms with Crippen LogP contribution < -0.4 is 5.32 Å². The highest BCUT2D eigenvalue weighted by atomic mass is 127.